The minimum Gasteiger partial charge on any atom is -0.466 e. The zero-order valence-electron chi connectivity index (χ0n) is 10.6. The fraction of sp³-hybridized carbons (Fsp3) is 0.917. The van der Waals surface area contributed by atoms with Gasteiger partial charge in [0.05, 0.1) is 19.8 Å². The number of hydrogen-bond acceptors (Lipinski definition) is 5. The number of hydrogen-bond donors (Lipinski definition) is 1. The zero-order valence-corrected chi connectivity index (χ0v) is 10.6. The lowest BCUT2D eigenvalue weighted by atomic mass is 10.1. The molecule has 0 radical (unpaired) electrons. The topological polar surface area (TPSA) is 56.8 Å². The average Bonchev–Trinajstić information content (AvgIpc) is 2.80. The van der Waals surface area contributed by atoms with Crippen molar-refractivity contribution in [2.45, 2.75) is 19.3 Å². The molecule has 1 aliphatic rings. The van der Waals surface area contributed by atoms with E-state index < -0.39 is 0 Å². The van der Waals surface area contributed by atoms with Crippen molar-refractivity contribution in [1.82, 2.24) is 5.32 Å². The van der Waals surface area contributed by atoms with Crippen LogP contribution in [0.15, 0.2) is 0 Å². The van der Waals surface area contributed by atoms with Gasteiger partial charge in [0.2, 0.25) is 0 Å². The van der Waals surface area contributed by atoms with Crippen molar-refractivity contribution >= 4 is 5.97 Å². The highest BCUT2D eigenvalue weighted by molar-refractivity contribution is 5.69. The second-order valence-electron chi connectivity index (χ2n) is 4.24. The van der Waals surface area contributed by atoms with Crippen LogP contribution >= 0.6 is 0 Å². The van der Waals surface area contributed by atoms with E-state index in [2.05, 4.69) is 5.32 Å². The standard InChI is InChI=1S/C12H23NO4/c1-15-7-8-16-5-2-6-17-12(14)9-11-3-4-13-10-11/h11,13H,2-10H2,1H3. The average molecular weight is 245 g/mol. The summed E-state index contributed by atoms with van der Waals surface area (Å²) in [7, 11) is 1.64. The van der Waals surface area contributed by atoms with Gasteiger partial charge in [0.25, 0.3) is 0 Å². The lowest BCUT2D eigenvalue weighted by Crippen LogP contribution is -2.15. The molecule has 0 aromatic rings. The molecular weight excluding hydrogens is 222 g/mol. The molecule has 0 saturated carbocycles. The van der Waals surface area contributed by atoms with E-state index in [1.54, 1.807) is 7.11 Å². The molecule has 0 amide bonds. The Bertz CT molecular complexity index is 205. The van der Waals surface area contributed by atoms with Gasteiger partial charge in [-0.1, -0.05) is 0 Å². The molecule has 0 spiro atoms. The largest absolute Gasteiger partial charge is 0.466 e. The van der Waals surface area contributed by atoms with Gasteiger partial charge in [0, 0.05) is 26.6 Å². The third-order valence-corrected chi connectivity index (χ3v) is 2.75. The molecule has 0 aromatic carbocycles. The Balaban J connectivity index is 1.86. The second kappa shape index (κ2) is 9.39. The van der Waals surface area contributed by atoms with Crippen LogP contribution in [0.25, 0.3) is 0 Å². The number of rotatable bonds is 9. The van der Waals surface area contributed by atoms with E-state index >= 15 is 0 Å². The molecular formula is C12H23NO4. The summed E-state index contributed by atoms with van der Waals surface area (Å²) in [4.78, 5) is 11.4. The number of carbonyl (C=O) groups excluding carboxylic acids is 1. The number of ether oxygens (including phenoxy) is 3. The maximum Gasteiger partial charge on any atom is 0.306 e. The Morgan fingerprint density at radius 2 is 2.18 bits per heavy atom. The van der Waals surface area contributed by atoms with E-state index in [1.165, 1.54) is 0 Å². The zero-order chi connectivity index (χ0) is 12.3. The van der Waals surface area contributed by atoms with Crippen LogP contribution in [-0.4, -0.2) is 52.6 Å². The molecule has 0 bridgehead atoms. The van der Waals surface area contributed by atoms with Crippen molar-refractivity contribution in [3.63, 3.8) is 0 Å². The lowest BCUT2D eigenvalue weighted by molar-refractivity contribution is -0.145. The molecule has 5 heteroatoms. The van der Waals surface area contributed by atoms with Gasteiger partial charge in [-0.25, -0.2) is 0 Å². The van der Waals surface area contributed by atoms with Crippen molar-refractivity contribution in [2.75, 3.05) is 46.6 Å². The third kappa shape index (κ3) is 7.31. The van der Waals surface area contributed by atoms with Gasteiger partial charge >= 0.3 is 5.97 Å². The van der Waals surface area contributed by atoms with Crippen LogP contribution in [0.2, 0.25) is 0 Å². The van der Waals surface area contributed by atoms with E-state index in [1.807, 2.05) is 0 Å². The Labute approximate surface area is 103 Å². The van der Waals surface area contributed by atoms with Gasteiger partial charge in [-0.05, 0) is 25.4 Å². The highest BCUT2D eigenvalue weighted by Crippen LogP contribution is 2.12. The maximum atomic E-state index is 11.4. The molecule has 1 unspecified atom stereocenters. The first-order valence-electron chi connectivity index (χ1n) is 6.26. The highest BCUT2D eigenvalue weighted by atomic mass is 16.5. The van der Waals surface area contributed by atoms with Crippen LogP contribution in [0.4, 0.5) is 0 Å². The Morgan fingerprint density at radius 3 is 2.88 bits per heavy atom. The van der Waals surface area contributed by atoms with Crippen LogP contribution in [0.3, 0.4) is 0 Å². The Hall–Kier alpha value is -0.650. The predicted octanol–water partition coefficient (Wildman–Crippen LogP) is 0.582. The summed E-state index contributed by atoms with van der Waals surface area (Å²) in [5.41, 5.74) is 0. The molecule has 1 heterocycles. The highest BCUT2D eigenvalue weighted by Gasteiger charge is 2.18. The monoisotopic (exact) mass is 245 g/mol. The molecule has 1 atom stereocenters. The predicted molar refractivity (Wildman–Crippen MR) is 63.9 cm³/mol. The number of esters is 1. The van der Waals surface area contributed by atoms with Gasteiger partial charge < -0.3 is 19.5 Å². The van der Waals surface area contributed by atoms with E-state index in [-0.39, 0.29) is 5.97 Å². The summed E-state index contributed by atoms with van der Waals surface area (Å²) in [5.74, 6) is 0.371. The van der Waals surface area contributed by atoms with Crippen molar-refractivity contribution in [1.29, 1.82) is 0 Å². The van der Waals surface area contributed by atoms with Gasteiger partial charge in [0.15, 0.2) is 0 Å². The van der Waals surface area contributed by atoms with Crippen LogP contribution in [0, 0.1) is 5.92 Å². The van der Waals surface area contributed by atoms with Crippen LogP contribution in [-0.2, 0) is 19.0 Å². The fourth-order valence-electron chi connectivity index (χ4n) is 1.77. The molecule has 100 valence electrons. The number of carbonyl (C=O) groups is 1. The molecule has 17 heavy (non-hydrogen) atoms. The first kappa shape index (κ1) is 14.4. The first-order chi connectivity index (χ1) is 8.33. The summed E-state index contributed by atoms with van der Waals surface area (Å²) >= 11 is 0. The third-order valence-electron chi connectivity index (χ3n) is 2.75. The van der Waals surface area contributed by atoms with Gasteiger partial charge in [0.1, 0.15) is 0 Å². The van der Waals surface area contributed by atoms with Crippen LogP contribution in [0.1, 0.15) is 19.3 Å². The van der Waals surface area contributed by atoms with Crippen LogP contribution < -0.4 is 5.32 Å². The summed E-state index contributed by atoms with van der Waals surface area (Å²) in [6.45, 7) is 4.22. The molecule has 0 aromatic heterocycles. The van der Waals surface area contributed by atoms with Gasteiger partial charge in [-0.2, -0.15) is 0 Å². The first-order valence-corrected chi connectivity index (χ1v) is 6.26. The van der Waals surface area contributed by atoms with Crippen molar-refractivity contribution < 1.29 is 19.0 Å². The molecule has 1 N–H and O–H groups in total. The molecule has 5 nitrogen and oxygen atoms in total. The van der Waals surface area contributed by atoms with Crippen molar-refractivity contribution in [3.8, 4) is 0 Å². The van der Waals surface area contributed by atoms with Crippen molar-refractivity contribution in [2.24, 2.45) is 5.92 Å². The van der Waals surface area contributed by atoms with E-state index in [0.29, 0.717) is 38.8 Å². The Kier molecular flexibility index (Phi) is 7.96. The summed E-state index contributed by atoms with van der Waals surface area (Å²) < 4.78 is 15.2. The molecule has 1 aliphatic heterocycles. The maximum absolute atomic E-state index is 11.4. The molecule has 0 aliphatic carbocycles. The van der Waals surface area contributed by atoms with Crippen molar-refractivity contribution in [3.05, 3.63) is 0 Å². The summed E-state index contributed by atoms with van der Waals surface area (Å²) in [6.07, 6.45) is 2.37. The minimum absolute atomic E-state index is 0.0874. The van der Waals surface area contributed by atoms with E-state index in [0.717, 1.165) is 25.9 Å². The van der Waals surface area contributed by atoms with E-state index in [4.69, 9.17) is 14.2 Å². The SMILES string of the molecule is COCCOCCCOC(=O)CC1CCNC1. The minimum atomic E-state index is -0.0874. The molecule has 1 rings (SSSR count). The number of nitrogens with one attached hydrogen (secondary N) is 1. The Morgan fingerprint density at radius 1 is 1.29 bits per heavy atom. The quantitative estimate of drug-likeness (QED) is 0.476. The summed E-state index contributed by atoms with van der Waals surface area (Å²) in [6, 6.07) is 0. The van der Waals surface area contributed by atoms with E-state index in [9.17, 15) is 4.79 Å². The second-order valence-corrected chi connectivity index (χ2v) is 4.24. The molecule has 1 saturated heterocycles. The molecule has 1 fully saturated rings. The lowest BCUT2D eigenvalue weighted by Gasteiger charge is -2.08. The van der Waals surface area contributed by atoms with Gasteiger partial charge in [-0.15, -0.1) is 0 Å². The van der Waals surface area contributed by atoms with Gasteiger partial charge in [-0.3, -0.25) is 4.79 Å². The normalized spacial score (nSPS) is 19.5. The fourth-order valence-corrected chi connectivity index (χ4v) is 1.77. The summed E-state index contributed by atoms with van der Waals surface area (Å²) in [5, 5.41) is 3.23. The smallest absolute Gasteiger partial charge is 0.306 e. The number of methoxy groups -OCH3 is 1. The van der Waals surface area contributed by atoms with Crippen LogP contribution in [0.5, 0.6) is 0 Å².